The van der Waals surface area contributed by atoms with Crippen LogP contribution in [-0.4, -0.2) is 31.1 Å². The highest BCUT2D eigenvalue weighted by atomic mass is 16.6. The van der Waals surface area contributed by atoms with Crippen molar-refractivity contribution in [2.45, 2.75) is 52.6 Å². The Labute approximate surface area is 184 Å². The van der Waals surface area contributed by atoms with Crippen LogP contribution in [-0.2, 0) is 16.8 Å². The van der Waals surface area contributed by atoms with Crippen LogP contribution in [0.2, 0.25) is 0 Å². The molecule has 0 bridgehead atoms. The average molecular weight is 425 g/mol. The number of carbonyl (C=O) groups excluding carboxylic acids is 2. The SMILES string of the molecule is CC(C)C(NC(=O)c1ccc(C(C)(C)C)cc1)C(=O)NCc1ccc2c(c1)OCCO2. The summed E-state index contributed by atoms with van der Waals surface area (Å²) in [5.41, 5.74) is 2.62. The Kier molecular flexibility index (Phi) is 6.88. The lowest BCUT2D eigenvalue weighted by Gasteiger charge is -2.23. The summed E-state index contributed by atoms with van der Waals surface area (Å²) in [6, 6.07) is 12.5. The van der Waals surface area contributed by atoms with Gasteiger partial charge < -0.3 is 20.1 Å². The highest BCUT2D eigenvalue weighted by Crippen LogP contribution is 2.30. The molecular formula is C25H32N2O4. The van der Waals surface area contributed by atoms with Crippen molar-refractivity contribution >= 4 is 11.8 Å². The van der Waals surface area contributed by atoms with Gasteiger partial charge in [-0.15, -0.1) is 0 Å². The van der Waals surface area contributed by atoms with Crippen LogP contribution in [0.1, 0.15) is 56.1 Å². The normalized spacial score (nSPS) is 14.1. The summed E-state index contributed by atoms with van der Waals surface area (Å²) in [5, 5.41) is 5.80. The van der Waals surface area contributed by atoms with E-state index < -0.39 is 6.04 Å². The second-order valence-corrected chi connectivity index (χ2v) is 9.22. The quantitative estimate of drug-likeness (QED) is 0.739. The lowest BCUT2D eigenvalue weighted by atomic mass is 9.86. The van der Waals surface area contributed by atoms with Crippen LogP contribution in [0.4, 0.5) is 0 Å². The average Bonchev–Trinajstić information content (AvgIpc) is 2.74. The van der Waals surface area contributed by atoms with Gasteiger partial charge in [-0.05, 0) is 46.7 Å². The fourth-order valence-corrected chi connectivity index (χ4v) is 3.38. The molecule has 2 N–H and O–H groups in total. The third-order valence-electron chi connectivity index (χ3n) is 5.32. The third kappa shape index (κ3) is 5.78. The van der Waals surface area contributed by atoms with Gasteiger partial charge in [0.2, 0.25) is 5.91 Å². The maximum Gasteiger partial charge on any atom is 0.251 e. The zero-order chi connectivity index (χ0) is 22.6. The molecule has 1 aliphatic heterocycles. The monoisotopic (exact) mass is 424 g/mol. The van der Waals surface area contributed by atoms with Gasteiger partial charge in [0, 0.05) is 12.1 Å². The molecule has 166 valence electrons. The van der Waals surface area contributed by atoms with E-state index in [1.54, 1.807) is 12.1 Å². The first kappa shape index (κ1) is 22.7. The summed E-state index contributed by atoms with van der Waals surface area (Å²) in [5.74, 6) is 0.868. The Morgan fingerprint density at radius 3 is 2.23 bits per heavy atom. The molecule has 0 saturated heterocycles. The van der Waals surface area contributed by atoms with E-state index in [2.05, 4.69) is 31.4 Å². The number of ether oxygens (including phenoxy) is 2. The van der Waals surface area contributed by atoms with Crippen molar-refractivity contribution in [1.29, 1.82) is 0 Å². The van der Waals surface area contributed by atoms with E-state index >= 15 is 0 Å². The van der Waals surface area contributed by atoms with Gasteiger partial charge in [-0.2, -0.15) is 0 Å². The van der Waals surface area contributed by atoms with Crippen LogP contribution < -0.4 is 20.1 Å². The Bertz CT molecular complexity index is 930. The molecular weight excluding hydrogens is 392 g/mol. The van der Waals surface area contributed by atoms with Crippen molar-refractivity contribution in [1.82, 2.24) is 10.6 Å². The van der Waals surface area contributed by atoms with Crippen LogP contribution in [0.3, 0.4) is 0 Å². The van der Waals surface area contributed by atoms with E-state index in [0.29, 0.717) is 36.8 Å². The minimum Gasteiger partial charge on any atom is -0.486 e. The van der Waals surface area contributed by atoms with Crippen LogP contribution in [0.5, 0.6) is 11.5 Å². The minimum atomic E-state index is -0.632. The number of amides is 2. The number of rotatable bonds is 6. The van der Waals surface area contributed by atoms with Gasteiger partial charge in [-0.1, -0.05) is 52.8 Å². The summed E-state index contributed by atoms with van der Waals surface area (Å²) < 4.78 is 11.1. The zero-order valence-corrected chi connectivity index (χ0v) is 19.0. The molecule has 31 heavy (non-hydrogen) atoms. The van der Waals surface area contributed by atoms with Gasteiger partial charge in [0.1, 0.15) is 19.3 Å². The molecule has 0 spiro atoms. The summed E-state index contributed by atoms with van der Waals surface area (Å²) in [7, 11) is 0. The van der Waals surface area contributed by atoms with Crippen molar-refractivity contribution in [3.63, 3.8) is 0 Å². The maximum absolute atomic E-state index is 12.8. The van der Waals surface area contributed by atoms with Crippen molar-refractivity contribution < 1.29 is 19.1 Å². The predicted molar refractivity (Wildman–Crippen MR) is 121 cm³/mol. The van der Waals surface area contributed by atoms with E-state index in [0.717, 1.165) is 11.1 Å². The smallest absolute Gasteiger partial charge is 0.251 e. The van der Waals surface area contributed by atoms with Gasteiger partial charge >= 0.3 is 0 Å². The van der Waals surface area contributed by atoms with Gasteiger partial charge in [-0.3, -0.25) is 9.59 Å². The van der Waals surface area contributed by atoms with Crippen molar-refractivity contribution in [2.75, 3.05) is 13.2 Å². The van der Waals surface area contributed by atoms with E-state index in [-0.39, 0.29) is 23.1 Å². The molecule has 6 nitrogen and oxygen atoms in total. The fraction of sp³-hybridized carbons (Fsp3) is 0.440. The molecule has 2 amide bonds. The molecule has 0 fully saturated rings. The van der Waals surface area contributed by atoms with Gasteiger partial charge in [-0.25, -0.2) is 0 Å². The molecule has 6 heteroatoms. The molecule has 0 aliphatic carbocycles. The molecule has 2 aromatic carbocycles. The molecule has 3 rings (SSSR count). The summed E-state index contributed by atoms with van der Waals surface area (Å²) in [6.07, 6.45) is 0. The highest BCUT2D eigenvalue weighted by molar-refractivity contribution is 5.97. The molecule has 1 aliphatic rings. The van der Waals surface area contributed by atoms with Crippen molar-refractivity contribution in [3.05, 3.63) is 59.2 Å². The summed E-state index contributed by atoms with van der Waals surface area (Å²) >= 11 is 0. The van der Waals surface area contributed by atoms with Crippen LogP contribution in [0.25, 0.3) is 0 Å². The first-order valence-corrected chi connectivity index (χ1v) is 10.7. The van der Waals surface area contributed by atoms with Crippen LogP contribution >= 0.6 is 0 Å². The molecule has 0 radical (unpaired) electrons. The summed E-state index contributed by atoms with van der Waals surface area (Å²) in [6.45, 7) is 11.6. The highest BCUT2D eigenvalue weighted by Gasteiger charge is 2.25. The topological polar surface area (TPSA) is 76.7 Å². The number of nitrogens with one attached hydrogen (secondary N) is 2. The Balaban J connectivity index is 1.62. The Hall–Kier alpha value is -3.02. The van der Waals surface area contributed by atoms with Gasteiger partial charge in [0.05, 0.1) is 0 Å². The van der Waals surface area contributed by atoms with Crippen molar-refractivity contribution in [2.24, 2.45) is 5.92 Å². The largest absolute Gasteiger partial charge is 0.486 e. The molecule has 2 aromatic rings. The first-order valence-electron chi connectivity index (χ1n) is 10.7. The standard InChI is InChI=1S/C25H32N2O4/c1-16(2)22(27-23(28)18-7-9-19(10-8-18)25(3,4)5)24(29)26-15-17-6-11-20-21(14-17)31-13-12-30-20/h6-11,14,16,22H,12-13,15H2,1-5H3,(H,26,29)(H,27,28). The maximum atomic E-state index is 12.8. The predicted octanol–water partition coefficient (Wildman–Crippen LogP) is 3.83. The molecule has 1 atom stereocenters. The number of hydrogen-bond acceptors (Lipinski definition) is 4. The number of hydrogen-bond donors (Lipinski definition) is 2. The zero-order valence-electron chi connectivity index (χ0n) is 19.0. The number of carbonyl (C=O) groups is 2. The van der Waals surface area contributed by atoms with Crippen molar-refractivity contribution in [3.8, 4) is 11.5 Å². The molecule has 1 heterocycles. The minimum absolute atomic E-state index is 0.0171. The van der Waals surface area contributed by atoms with Crippen LogP contribution in [0.15, 0.2) is 42.5 Å². The third-order valence-corrected chi connectivity index (χ3v) is 5.32. The van der Waals surface area contributed by atoms with Crippen LogP contribution in [0, 0.1) is 5.92 Å². The lowest BCUT2D eigenvalue weighted by molar-refractivity contribution is -0.124. The Morgan fingerprint density at radius 1 is 0.968 bits per heavy atom. The molecule has 0 saturated carbocycles. The number of fused-ring (bicyclic) bond motifs is 1. The fourth-order valence-electron chi connectivity index (χ4n) is 3.38. The number of benzene rings is 2. The van der Waals surface area contributed by atoms with Gasteiger partial charge in [0.25, 0.3) is 5.91 Å². The lowest BCUT2D eigenvalue weighted by Crippen LogP contribution is -2.49. The Morgan fingerprint density at radius 2 is 1.61 bits per heavy atom. The second-order valence-electron chi connectivity index (χ2n) is 9.22. The van der Waals surface area contributed by atoms with Gasteiger partial charge in [0.15, 0.2) is 11.5 Å². The molecule has 1 unspecified atom stereocenters. The second kappa shape index (κ2) is 9.41. The van der Waals surface area contributed by atoms with E-state index in [1.807, 2.05) is 44.2 Å². The first-order chi connectivity index (χ1) is 14.6. The van der Waals surface area contributed by atoms with E-state index in [9.17, 15) is 9.59 Å². The van der Waals surface area contributed by atoms with E-state index in [1.165, 1.54) is 0 Å². The molecule has 0 aromatic heterocycles. The summed E-state index contributed by atoms with van der Waals surface area (Å²) in [4.78, 5) is 25.6. The van der Waals surface area contributed by atoms with E-state index in [4.69, 9.17) is 9.47 Å².